The smallest absolute Gasteiger partial charge is 0.278 e. The van der Waals surface area contributed by atoms with E-state index in [1.807, 2.05) is 6.92 Å². The number of benzene rings is 1. The first-order chi connectivity index (χ1) is 9.58. The van der Waals surface area contributed by atoms with E-state index in [1.54, 1.807) is 23.7 Å². The van der Waals surface area contributed by atoms with E-state index >= 15 is 0 Å². The van der Waals surface area contributed by atoms with Gasteiger partial charge in [-0.2, -0.15) is 8.42 Å². The quantitative estimate of drug-likeness (QED) is 0.774. The Kier molecular flexibility index (Phi) is 3.19. The Morgan fingerprint density at radius 1 is 1.35 bits per heavy atom. The van der Waals surface area contributed by atoms with Gasteiger partial charge in [-0.3, -0.25) is 4.72 Å². The molecule has 0 bridgehead atoms. The normalized spacial score (nSPS) is 11.8. The van der Waals surface area contributed by atoms with E-state index in [4.69, 9.17) is 0 Å². The number of aryl methyl sites for hydroxylation is 1. The molecule has 0 aliphatic rings. The molecule has 6 nitrogen and oxygen atoms in total. The van der Waals surface area contributed by atoms with Gasteiger partial charge in [0.15, 0.2) is 5.03 Å². The molecule has 104 valence electrons. The Morgan fingerprint density at radius 2 is 2.20 bits per heavy atom. The van der Waals surface area contributed by atoms with Crippen molar-refractivity contribution in [2.75, 3.05) is 4.72 Å². The largest absolute Gasteiger partial charge is 0.332 e. The van der Waals surface area contributed by atoms with Gasteiger partial charge in [0, 0.05) is 6.42 Å². The highest BCUT2D eigenvalue weighted by Gasteiger charge is 2.17. The monoisotopic (exact) mass is 308 g/mol. The first-order valence-corrected chi connectivity index (χ1v) is 8.35. The number of hydrogen-bond acceptors (Lipinski definition) is 5. The van der Waals surface area contributed by atoms with E-state index in [2.05, 4.69) is 19.7 Å². The van der Waals surface area contributed by atoms with E-state index in [0.717, 1.165) is 10.2 Å². The summed E-state index contributed by atoms with van der Waals surface area (Å²) in [4.78, 5) is 10.9. The van der Waals surface area contributed by atoms with Crippen LogP contribution in [0.4, 0.5) is 5.69 Å². The fraction of sp³-hybridized carbons (Fsp3) is 0.167. The van der Waals surface area contributed by atoms with Gasteiger partial charge in [-0.15, -0.1) is 11.3 Å². The van der Waals surface area contributed by atoms with Gasteiger partial charge in [-0.05, 0) is 18.2 Å². The van der Waals surface area contributed by atoms with Gasteiger partial charge in [0.2, 0.25) is 0 Å². The van der Waals surface area contributed by atoms with Crippen LogP contribution in [0.2, 0.25) is 0 Å². The Morgan fingerprint density at radius 3 is 2.95 bits per heavy atom. The van der Waals surface area contributed by atoms with Crippen molar-refractivity contribution in [3.8, 4) is 0 Å². The molecule has 0 spiro atoms. The SMILES string of the molecule is CCc1ncc(S(=O)(=O)Nc2ccc3ncsc3c2)[nH]1. The third kappa shape index (κ3) is 2.39. The minimum atomic E-state index is -3.64. The third-order valence-electron chi connectivity index (χ3n) is 2.81. The Labute approximate surface area is 119 Å². The van der Waals surface area contributed by atoms with Gasteiger partial charge in [0.1, 0.15) is 5.82 Å². The lowest BCUT2D eigenvalue weighted by Gasteiger charge is -2.05. The number of sulfonamides is 1. The summed E-state index contributed by atoms with van der Waals surface area (Å²) < 4.78 is 27.9. The summed E-state index contributed by atoms with van der Waals surface area (Å²) in [6.45, 7) is 1.90. The fourth-order valence-corrected chi connectivity index (χ4v) is 3.50. The van der Waals surface area contributed by atoms with Crippen LogP contribution in [0.5, 0.6) is 0 Å². The number of rotatable bonds is 4. The van der Waals surface area contributed by atoms with Crippen molar-refractivity contribution in [3.05, 3.63) is 35.7 Å². The zero-order valence-corrected chi connectivity index (χ0v) is 12.3. The second kappa shape index (κ2) is 4.88. The number of nitrogens with one attached hydrogen (secondary N) is 2. The minimum absolute atomic E-state index is 0.0683. The number of hydrogen-bond donors (Lipinski definition) is 2. The molecular weight excluding hydrogens is 296 g/mol. The molecule has 1 aromatic carbocycles. The molecule has 0 saturated heterocycles. The predicted octanol–water partition coefficient (Wildman–Crippen LogP) is 2.38. The fourth-order valence-electron chi connectivity index (χ4n) is 1.79. The van der Waals surface area contributed by atoms with Crippen LogP contribution < -0.4 is 4.72 Å². The summed E-state index contributed by atoms with van der Waals surface area (Å²) in [5.74, 6) is 0.642. The summed E-state index contributed by atoms with van der Waals surface area (Å²) in [5.41, 5.74) is 3.09. The minimum Gasteiger partial charge on any atom is -0.332 e. The van der Waals surface area contributed by atoms with Crippen LogP contribution in [0.15, 0.2) is 34.9 Å². The van der Waals surface area contributed by atoms with Gasteiger partial charge >= 0.3 is 0 Å². The molecule has 0 radical (unpaired) electrons. The predicted molar refractivity (Wildman–Crippen MR) is 78.4 cm³/mol. The summed E-state index contributed by atoms with van der Waals surface area (Å²) in [7, 11) is -3.64. The van der Waals surface area contributed by atoms with Crippen molar-refractivity contribution in [1.29, 1.82) is 0 Å². The number of aromatic nitrogens is 3. The molecule has 20 heavy (non-hydrogen) atoms. The number of H-pyrrole nitrogens is 1. The van der Waals surface area contributed by atoms with Crippen molar-refractivity contribution in [1.82, 2.24) is 15.0 Å². The van der Waals surface area contributed by atoms with E-state index in [0.29, 0.717) is 17.9 Å². The first-order valence-electron chi connectivity index (χ1n) is 5.98. The summed E-state index contributed by atoms with van der Waals surface area (Å²) >= 11 is 1.46. The maximum Gasteiger partial charge on any atom is 0.278 e. The van der Waals surface area contributed by atoms with Crippen LogP contribution in [-0.4, -0.2) is 23.4 Å². The number of imidazole rings is 1. The van der Waals surface area contributed by atoms with Gasteiger partial charge in [-0.25, -0.2) is 9.97 Å². The topological polar surface area (TPSA) is 87.7 Å². The average Bonchev–Trinajstić information content (AvgIpc) is 3.06. The van der Waals surface area contributed by atoms with E-state index in [-0.39, 0.29) is 5.03 Å². The molecule has 8 heteroatoms. The lowest BCUT2D eigenvalue weighted by Crippen LogP contribution is -2.13. The number of thiazole rings is 1. The van der Waals surface area contributed by atoms with Crippen LogP contribution in [0.25, 0.3) is 10.2 Å². The van der Waals surface area contributed by atoms with Crippen molar-refractivity contribution >= 4 is 37.3 Å². The molecule has 0 aliphatic heterocycles. The highest BCUT2D eigenvalue weighted by atomic mass is 32.2. The molecular formula is C12H12N4O2S2. The Hall–Kier alpha value is -1.93. The molecule has 2 N–H and O–H groups in total. The summed E-state index contributed by atoms with van der Waals surface area (Å²) in [5, 5.41) is 0.0683. The highest BCUT2D eigenvalue weighted by Crippen LogP contribution is 2.23. The van der Waals surface area contributed by atoms with Gasteiger partial charge in [-0.1, -0.05) is 6.92 Å². The number of fused-ring (bicyclic) bond motifs is 1. The zero-order valence-electron chi connectivity index (χ0n) is 10.6. The van der Waals surface area contributed by atoms with Crippen molar-refractivity contribution in [2.24, 2.45) is 0 Å². The average molecular weight is 308 g/mol. The van der Waals surface area contributed by atoms with Gasteiger partial charge in [0.05, 0.1) is 27.6 Å². The maximum atomic E-state index is 12.2. The van der Waals surface area contributed by atoms with Gasteiger partial charge < -0.3 is 4.98 Å². The van der Waals surface area contributed by atoms with Crippen molar-refractivity contribution in [3.63, 3.8) is 0 Å². The van der Waals surface area contributed by atoms with E-state index in [1.165, 1.54) is 17.5 Å². The molecule has 3 aromatic rings. The Balaban J connectivity index is 1.92. The van der Waals surface area contributed by atoms with E-state index in [9.17, 15) is 8.42 Å². The van der Waals surface area contributed by atoms with E-state index < -0.39 is 10.0 Å². The van der Waals surface area contributed by atoms with Crippen LogP contribution >= 0.6 is 11.3 Å². The third-order valence-corrected chi connectivity index (χ3v) is 4.90. The second-order valence-corrected chi connectivity index (χ2v) is 6.73. The first kappa shape index (κ1) is 13.1. The van der Waals surface area contributed by atoms with Crippen LogP contribution in [0.1, 0.15) is 12.7 Å². The molecule has 0 atom stereocenters. The highest BCUT2D eigenvalue weighted by molar-refractivity contribution is 7.92. The number of aromatic amines is 1. The Bertz CT molecular complexity index is 851. The van der Waals surface area contributed by atoms with Crippen LogP contribution in [0.3, 0.4) is 0 Å². The van der Waals surface area contributed by atoms with Crippen molar-refractivity contribution < 1.29 is 8.42 Å². The lowest BCUT2D eigenvalue weighted by atomic mass is 10.3. The molecule has 2 heterocycles. The number of nitrogens with zero attached hydrogens (tertiary/aromatic N) is 2. The zero-order chi connectivity index (χ0) is 14.2. The summed E-state index contributed by atoms with van der Waals surface area (Å²) in [6, 6.07) is 5.24. The summed E-state index contributed by atoms with van der Waals surface area (Å²) in [6.07, 6.45) is 1.98. The molecule has 3 rings (SSSR count). The number of anilines is 1. The molecule has 0 amide bonds. The van der Waals surface area contributed by atoms with Crippen LogP contribution in [-0.2, 0) is 16.4 Å². The van der Waals surface area contributed by atoms with Crippen molar-refractivity contribution in [2.45, 2.75) is 18.4 Å². The maximum absolute atomic E-state index is 12.2. The van der Waals surface area contributed by atoms with Gasteiger partial charge in [0.25, 0.3) is 10.0 Å². The molecule has 0 saturated carbocycles. The molecule has 2 aromatic heterocycles. The second-order valence-electron chi connectivity index (χ2n) is 4.19. The standard InChI is InChI=1S/C12H12N4O2S2/c1-2-11-13-6-12(15-11)20(17,18)16-8-3-4-9-10(5-8)19-7-14-9/h3-7,16H,2H2,1H3,(H,13,15). The molecule has 0 fully saturated rings. The molecule has 0 aliphatic carbocycles. The molecule has 0 unspecified atom stereocenters. The lowest BCUT2D eigenvalue weighted by molar-refractivity contribution is 0.598. The van der Waals surface area contributed by atoms with Crippen LogP contribution in [0, 0.1) is 0 Å².